The van der Waals surface area contributed by atoms with Crippen LogP contribution in [0.15, 0.2) is 70.9 Å². The molecule has 2 atom stereocenters. The highest BCUT2D eigenvalue weighted by Crippen LogP contribution is 2.29. The summed E-state index contributed by atoms with van der Waals surface area (Å²) in [5.74, 6) is -0.506. The normalized spacial score (nSPS) is 12.9. The van der Waals surface area contributed by atoms with Gasteiger partial charge >= 0.3 is 0 Å². The quantitative estimate of drug-likeness (QED) is 0.327. The Labute approximate surface area is 169 Å². The van der Waals surface area contributed by atoms with E-state index in [1.165, 1.54) is 47.4 Å². The van der Waals surface area contributed by atoms with Gasteiger partial charge in [0.1, 0.15) is 5.82 Å². The van der Waals surface area contributed by atoms with E-state index in [1.54, 1.807) is 31.2 Å². The first kappa shape index (κ1) is 20.0. The van der Waals surface area contributed by atoms with Crippen LogP contribution >= 0.6 is 23.1 Å². The maximum Gasteiger partial charge on any atom is 0.269 e. The molecule has 0 aliphatic rings. The number of hydrogen-bond donors (Lipinski definition) is 1. The molecule has 0 aliphatic heterocycles. The van der Waals surface area contributed by atoms with Gasteiger partial charge in [0, 0.05) is 21.9 Å². The van der Waals surface area contributed by atoms with Crippen molar-refractivity contribution < 1.29 is 14.1 Å². The first-order chi connectivity index (χ1) is 13.4. The van der Waals surface area contributed by atoms with Crippen LogP contribution in [0, 0.1) is 15.9 Å². The Hall–Kier alpha value is -2.71. The predicted molar refractivity (Wildman–Crippen MR) is 109 cm³/mol. The number of thiophene rings is 1. The van der Waals surface area contributed by atoms with Gasteiger partial charge in [0.15, 0.2) is 0 Å². The van der Waals surface area contributed by atoms with Crippen molar-refractivity contribution in [1.82, 2.24) is 5.32 Å². The van der Waals surface area contributed by atoms with E-state index in [2.05, 4.69) is 5.32 Å². The third-order valence-electron chi connectivity index (χ3n) is 4.05. The number of nitrogens with zero attached hydrogens (tertiary/aromatic N) is 1. The number of carbonyl (C=O) groups is 1. The molecule has 1 N–H and O–H groups in total. The molecule has 5 nitrogen and oxygen atoms in total. The fourth-order valence-electron chi connectivity index (χ4n) is 2.59. The Morgan fingerprint density at radius 2 is 1.82 bits per heavy atom. The fourth-order valence-corrected chi connectivity index (χ4v) is 4.27. The number of non-ortho nitro benzene ring substituents is 1. The van der Waals surface area contributed by atoms with Crippen LogP contribution < -0.4 is 5.32 Å². The monoisotopic (exact) mass is 416 g/mol. The molecule has 1 aromatic heterocycles. The second kappa shape index (κ2) is 8.99. The van der Waals surface area contributed by atoms with Crippen LogP contribution in [0.4, 0.5) is 10.1 Å². The van der Waals surface area contributed by atoms with E-state index in [1.807, 2.05) is 17.5 Å². The molecule has 3 rings (SSSR count). The molecule has 0 radical (unpaired) electrons. The summed E-state index contributed by atoms with van der Waals surface area (Å²) in [6.07, 6.45) is 0. The highest BCUT2D eigenvalue weighted by atomic mass is 32.2. The number of benzene rings is 2. The van der Waals surface area contributed by atoms with Crippen LogP contribution in [0.1, 0.15) is 23.4 Å². The van der Waals surface area contributed by atoms with Crippen molar-refractivity contribution in [2.75, 3.05) is 0 Å². The lowest BCUT2D eigenvalue weighted by atomic mass is 10.1. The lowest BCUT2D eigenvalue weighted by Gasteiger charge is -2.20. The van der Waals surface area contributed by atoms with Gasteiger partial charge in [0.25, 0.3) is 5.69 Å². The molecular weight excluding hydrogens is 399 g/mol. The highest BCUT2D eigenvalue weighted by Gasteiger charge is 2.22. The van der Waals surface area contributed by atoms with Crippen LogP contribution in [0.3, 0.4) is 0 Å². The summed E-state index contributed by atoms with van der Waals surface area (Å²) < 4.78 is 13.3. The third kappa shape index (κ3) is 4.96. The van der Waals surface area contributed by atoms with Gasteiger partial charge < -0.3 is 5.32 Å². The van der Waals surface area contributed by atoms with Crippen molar-refractivity contribution in [3.05, 3.63) is 92.4 Å². The Balaban J connectivity index is 1.72. The SMILES string of the molecule is CC(Sc1ccc([N+](=O)[O-])cc1)C(=O)NC(c1ccc(F)cc1)c1cccs1. The van der Waals surface area contributed by atoms with E-state index in [4.69, 9.17) is 0 Å². The lowest BCUT2D eigenvalue weighted by Crippen LogP contribution is -2.34. The summed E-state index contributed by atoms with van der Waals surface area (Å²) in [6, 6.07) is 15.6. The van der Waals surface area contributed by atoms with E-state index in [0.717, 1.165) is 15.3 Å². The van der Waals surface area contributed by atoms with Crippen molar-refractivity contribution in [2.45, 2.75) is 23.1 Å². The molecular formula is C20H17FN2O3S2. The van der Waals surface area contributed by atoms with Gasteiger partial charge in [-0.1, -0.05) is 18.2 Å². The second-order valence-corrected chi connectivity index (χ2v) is 8.41. The summed E-state index contributed by atoms with van der Waals surface area (Å²) in [5.41, 5.74) is 0.806. The van der Waals surface area contributed by atoms with Crippen LogP contribution in [0.5, 0.6) is 0 Å². The molecule has 0 saturated heterocycles. The maximum absolute atomic E-state index is 13.3. The number of nitro benzene ring substituents is 1. The summed E-state index contributed by atoms with van der Waals surface area (Å²) in [5, 5.41) is 15.3. The van der Waals surface area contributed by atoms with Crippen LogP contribution in [-0.2, 0) is 4.79 Å². The molecule has 8 heteroatoms. The molecule has 1 heterocycles. The number of nitrogens with one attached hydrogen (secondary N) is 1. The average Bonchev–Trinajstić information content (AvgIpc) is 3.21. The largest absolute Gasteiger partial charge is 0.343 e. The van der Waals surface area contributed by atoms with Gasteiger partial charge in [-0.15, -0.1) is 23.1 Å². The molecule has 28 heavy (non-hydrogen) atoms. The van der Waals surface area contributed by atoms with Crippen LogP contribution in [0.2, 0.25) is 0 Å². The number of rotatable bonds is 7. The van der Waals surface area contributed by atoms with Gasteiger partial charge in [-0.25, -0.2) is 4.39 Å². The third-order valence-corrected chi connectivity index (χ3v) is 6.10. The lowest BCUT2D eigenvalue weighted by molar-refractivity contribution is -0.384. The molecule has 3 aromatic rings. The van der Waals surface area contributed by atoms with Crippen LogP contribution in [0.25, 0.3) is 0 Å². The average molecular weight is 416 g/mol. The van der Waals surface area contributed by atoms with Crippen LogP contribution in [-0.4, -0.2) is 16.1 Å². The molecule has 1 amide bonds. The predicted octanol–water partition coefficient (Wildman–Crippen LogP) is 5.18. The number of halogens is 1. The Morgan fingerprint density at radius 1 is 1.14 bits per heavy atom. The van der Waals surface area contributed by atoms with Crippen molar-refractivity contribution in [1.29, 1.82) is 0 Å². The zero-order valence-electron chi connectivity index (χ0n) is 14.9. The van der Waals surface area contributed by atoms with Crippen molar-refractivity contribution in [3.63, 3.8) is 0 Å². The van der Waals surface area contributed by atoms with E-state index in [9.17, 15) is 19.3 Å². The van der Waals surface area contributed by atoms with Crippen molar-refractivity contribution in [2.24, 2.45) is 0 Å². The van der Waals surface area contributed by atoms with E-state index < -0.39 is 10.2 Å². The van der Waals surface area contributed by atoms with Gasteiger partial charge in [-0.3, -0.25) is 14.9 Å². The smallest absolute Gasteiger partial charge is 0.269 e. The molecule has 2 unspecified atom stereocenters. The maximum atomic E-state index is 13.3. The number of hydrogen-bond acceptors (Lipinski definition) is 5. The van der Waals surface area contributed by atoms with Crippen molar-refractivity contribution >= 4 is 34.7 Å². The first-order valence-electron chi connectivity index (χ1n) is 8.44. The van der Waals surface area contributed by atoms with Crippen molar-refractivity contribution in [3.8, 4) is 0 Å². The van der Waals surface area contributed by atoms with Gasteiger partial charge in [-0.05, 0) is 48.2 Å². The number of nitro groups is 1. The highest BCUT2D eigenvalue weighted by molar-refractivity contribution is 8.00. The Kier molecular flexibility index (Phi) is 6.43. The van der Waals surface area contributed by atoms with E-state index in [-0.39, 0.29) is 23.5 Å². The standard InChI is InChI=1S/C20H17FN2O3S2/c1-13(28-17-10-8-16(9-11-17)23(25)26)20(24)22-19(18-3-2-12-27-18)14-4-6-15(21)7-5-14/h2-13,19H,1H3,(H,22,24). The Bertz CT molecular complexity index is 945. The molecule has 144 valence electrons. The summed E-state index contributed by atoms with van der Waals surface area (Å²) >= 11 is 2.83. The first-order valence-corrected chi connectivity index (χ1v) is 10.2. The number of amides is 1. The molecule has 0 saturated carbocycles. The van der Waals surface area contributed by atoms with Gasteiger partial charge in [-0.2, -0.15) is 0 Å². The fraction of sp³-hybridized carbons (Fsp3) is 0.150. The zero-order chi connectivity index (χ0) is 20.1. The topological polar surface area (TPSA) is 72.2 Å². The molecule has 0 aliphatic carbocycles. The van der Waals surface area contributed by atoms with E-state index in [0.29, 0.717) is 0 Å². The molecule has 0 fully saturated rings. The van der Waals surface area contributed by atoms with Gasteiger partial charge in [0.2, 0.25) is 5.91 Å². The minimum Gasteiger partial charge on any atom is -0.343 e. The summed E-state index contributed by atoms with van der Waals surface area (Å²) in [6.45, 7) is 1.78. The van der Waals surface area contributed by atoms with Gasteiger partial charge in [0.05, 0.1) is 16.2 Å². The number of thioether (sulfide) groups is 1. The number of carbonyl (C=O) groups excluding carboxylic acids is 1. The molecule has 2 aromatic carbocycles. The molecule has 0 bridgehead atoms. The Morgan fingerprint density at radius 3 is 2.39 bits per heavy atom. The second-order valence-electron chi connectivity index (χ2n) is 6.02. The minimum absolute atomic E-state index is 0.00974. The minimum atomic E-state index is -0.459. The summed E-state index contributed by atoms with van der Waals surface area (Å²) in [4.78, 5) is 24.8. The molecule has 0 spiro atoms. The zero-order valence-corrected chi connectivity index (χ0v) is 16.5. The van der Waals surface area contributed by atoms with E-state index >= 15 is 0 Å². The summed E-state index contributed by atoms with van der Waals surface area (Å²) in [7, 11) is 0.